The number of benzene rings is 7. The number of para-hydroxylation sites is 1. The van der Waals surface area contributed by atoms with Crippen molar-refractivity contribution in [1.29, 1.82) is 0 Å². The summed E-state index contributed by atoms with van der Waals surface area (Å²) >= 11 is 0. The Kier molecular flexibility index (Phi) is 9.39. The molecule has 1 radical (unpaired) electrons. The maximum absolute atomic E-state index is 8.77. The predicted octanol–water partition coefficient (Wildman–Crippen LogP) is 15.1. The van der Waals surface area contributed by atoms with Crippen molar-refractivity contribution < 1.29 is 35.5 Å². The molecular formula is C56H47IrN3O-2. The zero-order valence-electron chi connectivity index (χ0n) is 42.2. The Morgan fingerprint density at radius 2 is 1.39 bits per heavy atom. The monoisotopic (exact) mass is 978 g/mol. The molecule has 5 heteroatoms. The van der Waals surface area contributed by atoms with Crippen molar-refractivity contribution in [2.45, 2.75) is 53.2 Å². The molecule has 0 aliphatic carbocycles. The fourth-order valence-corrected chi connectivity index (χ4v) is 7.84. The van der Waals surface area contributed by atoms with Gasteiger partial charge in [0.1, 0.15) is 5.58 Å². The standard InChI is InChI=1S/C28H29N2.C28H18NO.Ir/c1-19(2)24-12-9-13-25(20(3)4)27(24)30-17-16-29-28(30)23-15-14-21(5)26(18-23)22-10-7-6-8-11-22;1-18-9-11-19(12-10-18)21-15-16-29-26(17-21)25-8-4-7-23-24-14-13-20-5-2-3-6-22(20)27(24)30-28(23)25;/h6-14,16-20H,1-5H3;2-7,9-17H,1H3;/q2*-1;/i5D3,19D,20D;1D3;. The van der Waals surface area contributed by atoms with E-state index in [-0.39, 0.29) is 25.7 Å². The predicted molar refractivity (Wildman–Crippen MR) is 250 cm³/mol. The molecule has 0 fully saturated rings. The van der Waals surface area contributed by atoms with Crippen LogP contribution >= 0.6 is 0 Å². The summed E-state index contributed by atoms with van der Waals surface area (Å²) in [6.45, 7) is 2.90. The SMILES string of the molecule is [2H]C([2H])([2H])c1c[c-]c(-c2nccn2-c2c(C([2H])(C)C)cccc2C([2H])(C)C)cc1-c1ccccc1.[2H]C([2H])([2H])c1ccc(-c2ccnc(-c3[c-]ccc4c3oc3c5ccccc5ccc43)c2)cc1.[Ir]. The number of fused-ring (bicyclic) bond motifs is 5. The average molecular weight is 978 g/mol. The quantitative estimate of drug-likeness (QED) is 0.150. The van der Waals surface area contributed by atoms with Crippen molar-refractivity contribution in [2.75, 3.05) is 0 Å². The van der Waals surface area contributed by atoms with Crippen molar-refractivity contribution in [3.8, 4) is 50.6 Å². The third-order valence-electron chi connectivity index (χ3n) is 10.8. The molecule has 0 N–H and O–H groups in total. The van der Waals surface area contributed by atoms with Gasteiger partial charge in [0.25, 0.3) is 0 Å². The van der Waals surface area contributed by atoms with Gasteiger partial charge in [-0.1, -0.05) is 172 Å². The Labute approximate surface area is 383 Å². The Hall–Kier alpha value is -6.39. The first kappa shape index (κ1) is 32.4. The fourth-order valence-electron chi connectivity index (χ4n) is 7.84. The molecule has 0 bridgehead atoms. The van der Waals surface area contributed by atoms with Gasteiger partial charge in [-0.05, 0) is 63.6 Å². The number of furan rings is 1. The number of hydrogen-bond acceptors (Lipinski definition) is 3. The van der Waals surface area contributed by atoms with E-state index in [1.165, 1.54) is 6.07 Å². The largest absolute Gasteiger partial charge is 0.500 e. The molecule has 0 unspecified atom stereocenters. The van der Waals surface area contributed by atoms with Gasteiger partial charge in [-0.2, -0.15) is 0 Å². The minimum Gasteiger partial charge on any atom is -0.500 e. The summed E-state index contributed by atoms with van der Waals surface area (Å²) in [4.78, 5) is 9.20. The summed E-state index contributed by atoms with van der Waals surface area (Å²) in [6, 6.07) is 52.2. The van der Waals surface area contributed by atoms with E-state index in [0.29, 0.717) is 22.5 Å². The van der Waals surface area contributed by atoms with Crippen LogP contribution < -0.4 is 0 Å². The minimum absolute atomic E-state index is 0. The van der Waals surface area contributed by atoms with Gasteiger partial charge in [-0.25, -0.2) is 0 Å². The molecule has 3 aromatic heterocycles. The Morgan fingerprint density at radius 3 is 2.15 bits per heavy atom. The van der Waals surface area contributed by atoms with E-state index in [0.717, 1.165) is 77.5 Å². The molecule has 303 valence electrons. The molecule has 10 rings (SSSR count). The van der Waals surface area contributed by atoms with Crippen LogP contribution in [0.25, 0.3) is 83.3 Å². The summed E-state index contributed by atoms with van der Waals surface area (Å²) in [5, 5.41) is 4.30. The summed E-state index contributed by atoms with van der Waals surface area (Å²) in [7, 11) is 0. The molecule has 0 aliphatic rings. The Bertz CT molecular complexity index is 3420. The first-order valence-electron chi connectivity index (χ1n) is 23.9. The van der Waals surface area contributed by atoms with E-state index in [4.69, 9.17) is 15.4 Å². The van der Waals surface area contributed by atoms with Crippen LogP contribution in [0.1, 0.15) is 72.7 Å². The normalized spacial score (nSPS) is 14.0. The first-order valence-corrected chi connectivity index (χ1v) is 19.9. The van der Waals surface area contributed by atoms with Crippen molar-refractivity contribution >= 4 is 32.7 Å². The second-order valence-electron chi connectivity index (χ2n) is 15.2. The van der Waals surface area contributed by atoms with E-state index in [1.54, 1.807) is 24.5 Å². The summed E-state index contributed by atoms with van der Waals surface area (Å²) in [5.41, 5.74) is 9.92. The maximum atomic E-state index is 8.77. The molecular weight excluding hydrogens is 923 g/mol. The number of hydrogen-bond donors (Lipinski definition) is 0. The van der Waals surface area contributed by atoms with Crippen molar-refractivity contribution in [3.05, 3.63) is 199 Å². The third-order valence-corrected chi connectivity index (χ3v) is 10.8. The zero-order chi connectivity index (χ0) is 48.2. The topological polar surface area (TPSA) is 43.9 Å². The van der Waals surface area contributed by atoms with E-state index in [1.807, 2.05) is 142 Å². The molecule has 4 nitrogen and oxygen atoms in total. The van der Waals surface area contributed by atoms with Crippen LogP contribution in [0, 0.1) is 25.8 Å². The second kappa shape index (κ2) is 17.7. The number of aryl methyl sites for hydroxylation is 2. The van der Waals surface area contributed by atoms with Gasteiger partial charge in [0.15, 0.2) is 0 Å². The summed E-state index contributed by atoms with van der Waals surface area (Å²) < 4.78 is 72.7. The van der Waals surface area contributed by atoms with E-state index in [2.05, 4.69) is 46.4 Å². The van der Waals surface area contributed by atoms with Crippen LogP contribution in [-0.4, -0.2) is 14.5 Å². The third kappa shape index (κ3) is 8.12. The second-order valence-corrected chi connectivity index (χ2v) is 15.2. The molecule has 0 amide bonds. The van der Waals surface area contributed by atoms with Crippen LogP contribution in [0.5, 0.6) is 0 Å². The molecule has 0 spiro atoms. The molecule has 0 saturated heterocycles. The van der Waals surface area contributed by atoms with Gasteiger partial charge < -0.3 is 14.0 Å². The smallest absolute Gasteiger partial charge is 0.128 e. The van der Waals surface area contributed by atoms with Crippen molar-refractivity contribution in [1.82, 2.24) is 14.5 Å². The van der Waals surface area contributed by atoms with E-state index < -0.39 is 25.5 Å². The molecule has 61 heavy (non-hydrogen) atoms. The van der Waals surface area contributed by atoms with Gasteiger partial charge in [0.05, 0.1) is 11.4 Å². The number of rotatable bonds is 7. The number of nitrogens with zero attached hydrogens (tertiary/aromatic N) is 3. The van der Waals surface area contributed by atoms with Crippen LogP contribution in [0.15, 0.2) is 169 Å². The van der Waals surface area contributed by atoms with Gasteiger partial charge >= 0.3 is 0 Å². The number of aromatic nitrogens is 3. The maximum Gasteiger partial charge on any atom is 0.128 e. The van der Waals surface area contributed by atoms with E-state index >= 15 is 0 Å². The van der Waals surface area contributed by atoms with Gasteiger partial charge in [0, 0.05) is 66.1 Å². The van der Waals surface area contributed by atoms with E-state index in [9.17, 15) is 0 Å². The van der Waals surface area contributed by atoms with Crippen molar-refractivity contribution in [3.63, 3.8) is 0 Å². The zero-order valence-corrected chi connectivity index (χ0v) is 36.6. The number of imidazole rings is 1. The summed E-state index contributed by atoms with van der Waals surface area (Å²) in [6.07, 6.45) is 5.26. The average Bonchev–Trinajstić information content (AvgIpc) is 3.97. The fraction of sp³-hybridized carbons (Fsp3) is 0.143. The molecule has 0 aliphatic heterocycles. The molecule has 0 saturated carbocycles. The molecule has 0 atom stereocenters. The Balaban J connectivity index is 0.000000184. The first-order chi connectivity index (χ1) is 32.3. The molecule has 3 heterocycles. The molecule has 10 aromatic rings. The van der Waals surface area contributed by atoms with Gasteiger partial charge in [-0.15, -0.1) is 47.5 Å². The summed E-state index contributed by atoms with van der Waals surface area (Å²) in [5.74, 6) is -1.26. The van der Waals surface area contributed by atoms with Crippen LogP contribution in [0.4, 0.5) is 0 Å². The van der Waals surface area contributed by atoms with Crippen LogP contribution in [-0.2, 0) is 20.1 Å². The van der Waals surface area contributed by atoms with Crippen molar-refractivity contribution in [2.24, 2.45) is 0 Å². The van der Waals surface area contributed by atoms with Gasteiger partial charge in [-0.3, -0.25) is 4.98 Å². The number of pyridine rings is 1. The minimum atomic E-state index is -2.29. The Morgan fingerprint density at radius 1 is 0.639 bits per heavy atom. The van der Waals surface area contributed by atoms with Crippen LogP contribution in [0.3, 0.4) is 0 Å². The van der Waals surface area contributed by atoms with Crippen LogP contribution in [0.2, 0.25) is 0 Å². The molecule has 7 aromatic carbocycles. The van der Waals surface area contributed by atoms with Gasteiger partial charge in [0.2, 0.25) is 0 Å².